The van der Waals surface area contributed by atoms with Gasteiger partial charge in [0.15, 0.2) is 0 Å². The number of Topliss-reactive ketones (excluding diaryl/α,β-unsaturated/α-hetero) is 1. The Kier molecular flexibility index (Phi) is 6.47. The number of hydrogen-bond acceptors (Lipinski definition) is 6. The van der Waals surface area contributed by atoms with E-state index in [0.29, 0.717) is 0 Å². The fourth-order valence-electron chi connectivity index (χ4n) is 3.67. The maximum atomic E-state index is 14.0. The van der Waals surface area contributed by atoms with E-state index in [-0.39, 0.29) is 50.6 Å². The third-order valence-electron chi connectivity index (χ3n) is 4.60. The summed E-state index contributed by atoms with van der Waals surface area (Å²) in [5.74, 6) is -5.44. The number of alkyl halides is 3. The van der Waals surface area contributed by atoms with E-state index in [0.717, 1.165) is 0 Å². The van der Waals surface area contributed by atoms with Crippen LogP contribution in [0.4, 0.5) is 13.2 Å². The number of nitrogens with two attached hydrogens (primary N) is 1. The average Bonchev–Trinajstić information content (AvgIpc) is 2.51. The number of esters is 1. The summed E-state index contributed by atoms with van der Waals surface area (Å²) in [5.41, 5.74) is 4.23. The zero-order valence-corrected chi connectivity index (χ0v) is 15.7. The van der Waals surface area contributed by atoms with E-state index in [9.17, 15) is 22.8 Å². The second kappa shape index (κ2) is 8.10. The average molecular weight is 390 g/mol. The smallest absolute Gasteiger partial charge is 0.397 e. The Bertz CT molecular complexity index is 668. The Labute approximate surface area is 156 Å². The lowest BCUT2D eigenvalue weighted by Crippen LogP contribution is -2.50. The third-order valence-corrected chi connectivity index (χ3v) is 4.60. The Morgan fingerprint density at radius 1 is 1.33 bits per heavy atom. The van der Waals surface area contributed by atoms with E-state index in [2.05, 4.69) is 4.99 Å². The van der Waals surface area contributed by atoms with Crippen molar-refractivity contribution in [3.8, 4) is 0 Å². The van der Waals surface area contributed by atoms with Gasteiger partial charge in [-0.15, -0.1) is 0 Å². The molecular formula is C18H25F3N2O4. The molecule has 0 spiro atoms. The van der Waals surface area contributed by atoms with E-state index < -0.39 is 40.8 Å². The van der Waals surface area contributed by atoms with Gasteiger partial charge in [-0.2, -0.15) is 13.2 Å². The summed E-state index contributed by atoms with van der Waals surface area (Å²) in [5, 5.41) is 0. The molecule has 0 saturated heterocycles. The molecule has 1 aliphatic heterocycles. The second-order valence-corrected chi connectivity index (χ2v) is 7.51. The molecule has 0 aromatic rings. The lowest BCUT2D eigenvalue weighted by atomic mass is 9.64. The third kappa shape index (κ3) is 4.76. The molecule has 0 bridgehead atoms. The van der Waals surface area contributed by atoms with Gasteiger partial charge in [-0.25, -0.2) is 4.79 Å². The molecule has 6 nitrogen and oxygen atoms in total. The Hall–Kier alpha value is -1.74. The minimum absolute atomic E-state index is 0.00161. The zero-order chi connectivity index (χ0) is 20.4. The predicted octanol–water partition coefficient (Wildman–Crippen LogP) is 2.42. The summed E-state index contributed by atoms with van der Waals surface area (Å²) in [6.45, 7) is 5.00. The van der Waals surface area contributed by atoms with Crippen molar-refractivity contribution in [3.63, 3.8) is 0 Å². The fraction of sp³-hybridized carbons (Fsp3) is 0.722. The molecule has 1 saturated carbocycles. The summed E-state index contributed by atoms with van der Waals surface area (Å²) in [7, 11) is 0. The molecule has 27 heavy (non-hydrogen) atoms. The highest BCUT2D eigenvalue weighted by Crippen LogP contribution is 2.48. The highest BCUT2D eigenvalue weighted by atomic mass is 19.4. The van der Waals surface area contributed by atoms with Crippen molar-refractivity contribution in [1.29, 1.82) is 0 Å². The topological polar surface area (TPSA) is 91.0 Å². The predicted molar refractivity (Wildman–Crippen MR) is 92.0 cm³/mol. The largest absolute Gasteiger partial charge is 0.463 e. The normalized spacial score (nSPS) is 25.1. The number of aliphatic imine (C=N–C) groups is 1. The molecule has 2 N–H and O–H groups in total. The Morgan fingerprint density at radius 3 is 2.56 bits per heavy atom. The fourth-order valence-corrected chi connectivity index (χ4v) is 3.67. The van der Waals surface area contributed by atoms with Crippen LogP contribution in [0.3, 0.4) is 0 Å². The van der Waals surface area contributed by atoms with Crippen molar-refractivity contribution in [2.45, 2.75) is 39.8 Å². The molecule has 0 aromatic heterocycles. The lowest BCUT2D eigenvalue weighted by molar-refractivity contribution is -0.181. The van der Waals surface area contributed by atoms with Crippen LogP contribution >= 0.6 is 0 Å². The SMILES string of the molecule is CCOC(=O)C1=C(COCCN)N=C2CC(C)(C)CC(=O)C2C1C(F)(F)F. The maximum absolute atomic E-state index is 14.0. The number of ketones is 1. The number of carbonyl (C=O) groups excluding carboxylic acids is 2. The summed E-state index contributed by atoms with van der Waals surface area (Å²) < 4.78 is 52.0. The minimum atomic E-state index is -4.80. The van der Waals surface area contributed by atoms with E-state index in [4.69, 9.17) is 15.2 Å². The Morgan fingerprint density at radius 2 is 2.00 bits per heavy atom. The molecule has 9 heteroatoms. The quantitative estimate of drug-likeness (QED) is 0.556. The lowest BCUT2D eigenvalue weighted by Gasteiger charge is -2.41. The summed E-state index contributed by atoms with van der Waals surface area (Å²) in [6, 6.07) is 0. The van der Waals surface area contributed by atoms with E-state index in [1.807, 2.05) is 0 Å². The van der Waals surface area contributed by atoms with Crippen molar-refractivity contribution in [1.82, 2.24) is 0 Å². The standard InChI is InChI=1S/C18H25F3N2O4/c1-4-27-16(25)14-11(9-26-6-5-22)23-10-7-17(2,3)8-12(24)13(10)15(14)18(19,20)21/h13,15H,4-9,22H2,1-3H3. The highest BCUT2D eigenvalue weighted by molar-refractivity contribution is 6.11. The second-order valence-electron chi connectivity index (χ2n) is 7.51. The van der Waals surface area contributed by atoms with Gasteiger partial charge in [0.1, 0.15) is 11.7 Å². The van der Waals surface area contributed by atoms with Crippen LogP contribution in [0.25, 0.3) is 0 Å². The van der Waals surface area contributed by atoms with E-state index in [1.165, 1.54) is 6.92 Å². The number of hydrogen-bond donors (Lipinski definition) is 1. The maximum Gasteiger partial charge on any atom is 0.397 e. The van der Waals surface area contributed by atoms with Crippen LogP contribution in [0.15, 0.2) is 16.3 Å². The molecule has 0 radical (unpaired) electrons. The van der Waals surface area contributed by atoms with Gasteiger partial charge < -0.3 is 15.2 Å². The van der Waals surface area contributed by atoms with Crippen molar-refractivity contribution in [2.75, 3.05) is 26.4 Å². The van der Waals surface area contributed by atoms with Gasteiger partial charge in [-0.3, -0.25) is 9.79 Å². The van der Waals surface area contributed by atoms with Gasteiger partial charge in [0.05, 0.1) is 37.0 Å². The molecule has 2 rings (SSSR count). The number of rotatable bonds is 6. The van der Waals surface area contributed by atoms with Crippen molar-refractivity contribution < 1.29 is 32.2 Å². The molecule has 2 atom stereocenters. The van der Waals surface area contributed by atoms with Gasteiger partial charge in [0.25, 0.3) is 0 Å². The van der Waals surface area contributed by atoms with Crippen LogP contribution in [0.2, 0.25) is 0 Å². The first-order valence-corrected chi connectivity index (χ1v) is 8.86. The van der Waals surface area contributed by atoms with Gasteiger partial charge >= 0.3 is 12.1 Å². The first-order valence-electron chi connectivity index (χ1n) is 8.86. The highest BCUT2D eigenvalue weighted by Gasteiger charge is 2.57. The molecule has 2 aliphatic rings. The van der Waals surface area contributed by atoms with Crippen LogP contribution in [-0.4, -0.2) is 50.0 Å². The number of nitrogens with zero attached hydrogens (tertiary/aromatic N) is 1. The first kappa shape index (κ1) is 21.6. The van der Waals surface area contributed by atoms with Crippen molar-refractivity contribution in [2.24, 2.45) is 28.0 Å². The molecule has 1 aliphatic carbocycles. The molecule has 0 aromatic carbocycles. The van der Waals surface area contributed by atoms with Gasteiger partial charge in [0.2, 0.25) is 0 Å². The number of fused-ring (bicyclic) bond motifs is 1. The van der Waals surface area contributed by atoms with Crippen molar-refractivity contribution in [3.05, 3.63) is 11.3 Å². The molecular weight excluding hydrogens is 365 g/mol. The van der Waals surface area contributed by atoms with Crippen LogP contribution in [0, 0.1) is 17.3 Å². The van der Waals surface area contributed by atoms with Gasteiger partial charge in [-0.1, -0.05) is 13.8 Å². The Balaban J connectivity index is 2.60. The van der Waals surface area contributed by atoms with Gasteiger partial charge in [-0.05, 0) is 18.8 Å². The molecule has 1 fully saturated rings. The van der Waals surface area contributed by atoms with Crippen molar-refractivity contribution >= 4 is 17.5 Å². The molecule has 1 heterocycles. The van der Waals surface area contributed by atoms with Gasteiger partial charge in [0, 0.05) is 18.7 Å². The monoisotopic (exact) mass is 390 g/mol. The van der Waals surface area contributed by atoms with Crippen LogP contribution in [-0.2, 0) is 19.1 Å². The first-order chi connectivity index (χ1) is 12.5. The zero-order valence-electron chi connectivity index (χ0n) is 15.7. The number of ether oxygens (including phenoxy) is 2. The van der Waals surface area contributed by atoms with Crippen LogP contribution < -0.4 is 5.73 Å². The molecule has 152 valence electrons. The van der Waals surface area contributed by atoms with Crippen LogP contribution in [0.1, 0.15) is 33.6 Å². The number of carbonyl (C=O) groups is 2. The summed E-state index contributed by atoms with van der Waals surface area (Å²) >= 11 is 0. The van der Waals surface area contributed by atoms with E-state index >= 15 is 0 Å². The van der Waals surface area contributed by atoms with E-state index in [1.54, 1.807) is 13.8 Å². The summed E-state index contributed by atoms with van der Waals surface area (Å²) in [4.78, 5) is 29.2. The summed E-state index contributed by atoms with van der Waals surface area (Å²) in [6.07, 6.45) is -4.56. The molecule has 2 unspecified atom stereocenters. The van der Waals surface area contributed by atoms with Crippen LogP contribution in [0.5, 0.6) is 0 Å². The number of halogens is 3. The molecule has 0 amide bonds. The minimum Gasteiger partial charge on any atom is -0.463 e.